The van der Waals surface area contributed by atoms with Crippen LogP contribution in [0.5, 0.6) is 5.75 Å². The van der Waals surface area contributed by atoms with Gasteiger partial charge in [0, 0.05) is 19.6 Å². The number of piperidine rings is 1. The highest BCUT2D eigenvalue weighted by Crippen LogP contribution is 2.56. The Morgan fingerprint density at radius 3 is 2.73 bits per heavy atom. The van der Waals surface area contributed by atoms with Crippen LogP contribution >= 0.6 is 0 Å². The van der Waals surface area contributed by atoms with Gasteiger partial charge in [0.1, 0.15) is 5.75 Å². The Bertz CT molecular complexity index is 815. The molecule has 2 aliphatic heterocycles. The van der Waals surface area contributed by atoms with Gasteiger partial charge in [-0.1, -0.05) is 12.1 Å². The zero-order valence-electron chi connectivity index (χ0n) is 16.6. The van der Waals surface area contributed by atoms with Crippen LogP contribution in [0.1, 0.15) is 44.1 Å². The second-order valence-corrected chi connectivity index (χ2v) is 8.05. The van der Waals surface area contributed by atoms with Crippen molar-refractivity contribution in [2.75, 3.05) is 19.6 Å². The number of urea groups is 1. The molecule has 0 aromatic heterocycles. The van der Waals surface area contributed by atoms with Gasteiger partial charge in [-0.05, 0) is 61.6 Å². The number of hydrogen-bond acceptors (Lipinski definition) is 6. The Hall–Kier alpha value is -2.69. The first-order chi connectivity index (χ1) is 14.3. The number of hydrazine groups is 2. The van der Waals surface area contributed by atoms with E-state index < -0.39 is 6.36 Å². The number of rotatable bonds is 3. The van der Waals surface area contributed by atoms with Gasteiger partial charge in [-0.2, -0.15) is 0 Å². The van der Waals surface area contributed by atoms with E-state index >= 15 is 0 Å². The number of guanidine groups is 1. The average Bonchev–Trinajstić information content (AvgIpc) is 3.12. The molecule has 3 N–H and O–H groups in total. The first-order valence-electron chi connectivity index (χ1n) is 10.0. The molecule has 1 aromatic carbocycles. The monoisotopic (exact) mass is 426 g/mol. The third-order valence-electron chi connectivity index (χ3n) is 6.17. The Kier molecular flexibility index (Phi) is 5.39. The predicted molar refractivity (Wildman–Crippen MR) is 103 cm³/mol. The fraction of sp³-hybridized carbons (Fsp3) is 0.579. The predicted octanol–water partition coefficient (Wildman–Crippen LogP) is 2.87. The van der Waals surface area contributed by atoms with Crippen molar-refractivity contribution in [3.05, 3.63) is 29.8 Å². The molecule has 2 fully saturated rings. The van der Waals surface area contributed by atoms with E-state index in [-0.39, 0.29) is 23.1 Å². The summed E-state index contributed by atoms with van der Waals surface area (Å²) in [7, 11) is 0. The first kappa shape index (κ1) is 20.6. The number of alkyl halides is 3. The molecule has 2 heterocycles. The van der Waals surface area contributed by atoms with E-state index in [0.29, 0.717) is 25.6 Å². The van der Waals surface area contributed by atoms with Crippen LogP contribution in [-0.4, -0.2) is 47.9 Å². The molecule has 1 spiro atoms. The van der Waals surface area contributed by atoms with Crippen molar-refractivity contribution < 1.29 is 22.7 Å². The summed E-state index contributed by atoms with van der Waals surface area (Å²) >= 11 is 0. The van der Waals surface area contributed by atoms with Crippen LogP contribution < -0.4 is 21.1 Å². The molecule has 1 aromatic rings. The van der Waals surface area contributed by atoms with Crippen LogP contribution in [0.25, 0.3) is 0 Å². The number of hydrazone groups is 1. The van der Waals surface area contributed by atoms with Crippen LogP contribution in [0.4, 0.5) is 18.0 Å². The smallest absolute Gasteiger partial charge is 0.406 e. The van der Waals surface area contributed by atoms with Gasteiger partial charge in [-0.25, -0.2) is 10.3 Å². The number of nitrogens with zero attached hydrogens (tertiary/aromatic N) is 3. The van der Waals surface area contributed by atoms with Crippen LogP contribution in [0.15, 0.2) is 29.4 Å². The Labute approximate surface area is 172 Å². The molecule has 0 unspecified atom stereocenters. The van der Waals surface area contributed by atoms with Crippen molar-refractivity contribution in [2.45, 2.75) is 44.9 Å². The highest BCUT2D eigenvalue weighted by molar-refractivity contribution is 5.96. The van der Waals surface area contributed by atoms with Gasteiger partial charge in [0.05, 0.1) is 0 Å². The van der Waals surface area contributed by atoms with Crippen LogP contribution in [0.3, 0.4) is 0 Å². The SMILES string of the molecule is CCN1NNN=C1NC(=O)N1CCC2(CC1)CC(c1cccc(OC(F)(F)F)c1)C2. The molecule has 1 aliphatic carbocycles. The molecule has 2 amide bonds. The molecular weight excluding hydrogens is 401 g/mol. The third-order valence-corrected chi connectivity index (χ3v) is 6.17. The van der Waals surface area contributed by atoms with Gasteiger partial charge in [-0.15, -0.1) is 23.8 Å². The molecule has 1 saturated carbocycles. The second-order valence-electron chi connectivity index (χ2n) is 8.05. The number of carbonyl (C=O) groups is 1. The van der Waals surface area contributed by atoms with Gasteiger partial charge in [0.25, 0.3) is 0 Å². The van der Waals surface area contributed by atoms with E-state index in [1.165, 1.54) is 12.1 Å². The highest BCUT2D eigenvalue weighted by atomic mass is 19.4. The summed E-state index contributed by atoms with van der Waals surface area (Å²) < 4.78 is 41.4. The van der Waals surface area contributed by atoms with Crippen molar-refractivity contribution in [1.29, 1.82) is 0 Å². The standard InChI is InChI=1S/C19H25F3N6O2/c1-2-28-16(24-25-26-28)23-17(29)27-8-6-18(7-9-27)11-14(12-18)13-4-3-5-15(10-13)30-19(20,21)22/h3-5,10,14,25-26H,2,6-9,11-12H2,1H3,(H,23,24,29). The van der Waals surface area contributed by atoms with Crippen LogP contribution in [-0.2, 0) is 0 Å². The maximum atomic E-state index is 12.5. The molecule has 4 rings (SSSR count). The number of ether oxygens (including phenoxy) is 1. The lowest BCUT2D eigenvalue weighted by Gasteiger charge is -2.52. The molecular formula is C19H25F3N6O2. The number of benzene rings is 1. The average molecular weight is 426 g/mol. The molecule has 164 valence electrons. The van der Waals surface area contributed by atoms with E-state index in [2.05, 4.69) is 26.2 Å². The zero-order valence-corrected chi connectivity index (χ0v) is 16.6. The fourth-order valence-electron chi connectivity index (χ4n) is 4.53. The summed E-state index contributed by atoms with van der Waals surface area (Å²) in [5.41, 5.74) is 6.45. The normalized spacial score (nSPS) is 21.1. The Balaban J connectivity index is 1.28. The Morgan fingerprint density at radius 1 is 1.33 bits per heavy atom. The summed E-state index contributed by atoms with van der Waals surface area (Å²) in [5, 5.41) is 8.49. The minimum atomic E-state index is -4.68. The van der Waals surface area contributed by atoms with Gasteiger partial charge in [0.15, 0.2) is 0 Å². The largest absolute Gasteiger partial charge is 0.573 e. The second kappa shape index (κ2) is 7.86. The topological polar surface area (TPSA) is 81.2 Å². The van der Waals surface area contributed by atoms with Crippen molar-refractivity contribution in [1.82, 2.24) is 26.3 Å². The number of likely N-dealkylation sites (tertiary alicyclic amines) is 1. The maximum Gasteiger partial charge on any atom is 0.573 e. The number of amides is 2. The minimum Gasteiger partial charge on any atom is -0.406 e. The van der Waals surface area contributed by atoms with Crippen LogP contribution in [0.2, 0.25) is 0 Å². The number of halogens is 3. The summed E-state index contributed by atoms with van der Waals surface area (Å²) in [6.07, 6.45) is -1.08. The van der Waals surface area contributed by atoms with Crippen molar-refractivity contribution in [3.8, 4) is 5.75 Å². The Morgan fingerprint density at radius 2 is 2.07 bits per heavy atom. The number of hydrogen-bond donors (Lipinski definition) is 3. The van der Waals surface area contributed by atoms with Crippen molar-refractivity contribution in [2.24, 2.45) is 10.5 Å². The lowest BCUT2D eigenvalue weighted by Crippen LogP contribution is -2.54. The third kappa shape index (κ3) is 4.40. The van der Waals surface area contributed by atoms with E-state index in [1.54, 1.807) is 16.0 Å². The molecule has 0 bridgehead atoms. The first-order valence-corrected chi connectivity index (χ1v) is 10.0. The van der Waals surface area contributed by atoms with Gasteiger partial charge in [0.2, 0.25) is 5.96 Å². The van der Waals surface area contributed by atoms with Gasteiger partial charge >= 0.3 is 12.4 Å². The van der Waals surface area contributed by atoms with Gasteiger partial charge in [-0.3, -0.25) is 10.3 Å². The summed E-state index contributed by atoms with van der Waals surface area (Å²) in [5.74, 6) is 0.491. The molecule has 11 heteroatoms. The van der Waals surface area contributed by atoms with E-state index in [1.807, 2.05) is 13.0 Å². The lowest BCUT2D eigenvalue weighted by atomic mass is 9.56. The molecule has 3 aliphatic rings. The summed E-state index contributed by atoms with van der Waals surface area (Å²) in [6.45, 7) is 3.88. The quantitative estimate of drug-likeness (QED) is 0.693. The highest BCUT2D eigenvalue weighted by Gasteiger charge is 2.47. The van der Waals surface area contributed by atoms with E-state index in [9.17, 15) is 18.0 Å². The summed E-state index contributed by atoms with van der Waals surface area (Å²) in [6, 6.07) is 6.08. The van der Waals surface area contributed by atoms with E-state index in [0.717, 1.165) is 31.2 Å². The molecule has 30 heavy (non-hydrogen) atoms. The molecule has 8 nitrogen and oxygen atoms in total. The maximum absolute atomic E-state index is 12.5. The van der Waals surface area contributed by atoms with Crippen molar-refractivity contribution in [3.63, 3.8) is 0 Å². The zero-order chi connectivity index (χ0) is 21.4. The van der Waals surface area contributed by atoms with Crippen LogP contribution in [0, 0.1) is 5.41 Å². The van der Waals surface area contributed by atoms with Gasteiger partial charge < -0.3 is 9.64 Å². The molecule has 0 atom stereocenters. The lowest BCUT2D eigenvalue weighted by molar-refractivity contribution is -0.274. The van der Waals surface area contributed by atoms with E-state index in [4.69, 9.17) is 0 Å². The summed E-state index contributed by atoms with van der Waals surface area (Å²) in [4.78, 5) is 14.3. The molecule has 1 saturated heterocycles. The fourth-order valence-corrected chi connectivity index (χ4v) is 4.53. The number of carbonyl (C=O) groups excluding carboxylic acids is 1. The minimum absolute atomic E-state index is 0.159. The van der Waals surface area contributed by atoms with Crippen molar-refractivity contribution >= 4 is 12.0 Å². The molecule has 0 radical (unpaired) electrons. The number of nitrogens with one attached hydrogen (secondary N) is 3.